The molecule has 0 saturated carbocycles. The number of para-hydroxylation sites is 1. The molecule has 2 aromatic rings. The minimum atomic E-state index is 0.393. The summed E-state index contributed by atoms with van der Waals surface area (Å²) in [4.78, 5) is 0. The van der Waals surface area contributed by atoms with Gasteiger partial charge in [-0.2, -0.15) is 0 Å². The Labute approximate surface area is 123 Å². The van der Waals surface area contributed by atoms with E-state index in [1.54, 1.807) is 11.8 Å². The molecule has 1 aliphatic carbocycles. The first-order valence-corrected chi connectivity index (χ1v) is 7.89. The topological polar surface area (TPSA) is 14.2 Å². The van der Waals surface area contributed by atoms with Crippen LogP contribution in [0.5, 0.6) is 5.75 Å². The van der Waals surface area contributed by atoms with Crippen LogP contribution in [0.2, 0.25) is 0 Å². The molecule has 0 radical (unpaired) electrons. The summed E-state index contributed by atoms with van der Waals surface area (Å²) in [7, 11) is 0. The summed E-state index contributed by atoms with van der Waals surface area (Å²) < 4.78 is 8.14. The van der Waals surface area contributed by atoms with Crippen LogP contribution in [0.25, 0.3) is 5.69 Å². The molecule has 102 valence electrons. The van der Waals surface area contributed by atoms with Gasteiger partial charge in [0.1, 0.15) is 5.03 Å². The van der Waals surface area contributed by atoms with E-state index in [0.29, 0.717) is 12.5 Å². The van der Waals surface area contributed by atoms with Crippen molar-refractivity contribution in [2.75, 3.05) is 12.9 Å². The van der Waals surface area contributed by atoms with Crippen molar-refractivity contribution in [1.29, 1.82) is 0 Å². The highest BCUT2D eigenvalue weighted by Gasteiger charge is 2.12. The van der Waals surface area contributed by atoms with Crippen LogP contribution in [0.3, 0.4) is 0 Å². The highest BCUT2D eigenvalue weighted by atomic mass is 32.2. The predicted octanol–water partition coefficient (Wildman–Crippen LogP) is 4.32. The quantitative estimate of drug-likeness (QED) is 0.759. The molecule has 1 aromatic heterocycles. The maximum absolute atomic E-state index is 5.97. The SMILES string of the molecule is CSc1c(OCC2C=CC=C2)ccn1-c1ccccc1. The molecule has 3 heteroatoms. The Hall–Kier alpha value is -1.87. The van der Waals surface area contributed by atoms with E-state index in [2.05, 4.69) is 53.5 Å². The number of hydrogen-bond donors (Lipinski definition) is 0. The zero-order chi connectivity index (χ0) is 13.8. The molecule has 0 saturated heterocycles. The van der Waals surface area contributed by atoms with Crippen molar-refractivity contribution in [1.82, 2.24) is 4.57 Å². The molecule has 20 heavy (non-hydrogen) atoms. The van der Waals surface area contributed by atoms with Crippen LogP contribution in [0.15, 0.2) is 71.9 Å². The molecule has 0 atom stereocenters. The molecule has 0 aliphatic heterocycles. The summed E-state index contributed by atoms with van der Waals surface area (Å²) in [6.07, 6.45) is 12.6. The van der Waals surface area contributed by atoms with Gasteiger partial charge >= 0.3 is 0 Å². The molecule has 2 nitrogen and oxygen atoms in total. The standard InChI is InChI=1S/C17H17NOS/c1-20-17-16(19-13-14-7-5-6-8-14)11-12-18(17)15-9-3-2-4-10-15/h2-12,14H,13H2,1H3. The minimum absolute atomic E-state index is 0.393. The lowest BCUT2D eigenvalue weighted by Gasteiger charge is -2.11. The van der Waals surface area contributed by atoms with Crippen molar-refractivity contribution in [3.05, 3.63) is 66.9 Å². The number of rotatable bonds is 5. The van der Waals surface area contributed by atoms with Gasteiger partial charge in [0.15, 0.2) is 5.75 Å². The van der Waals surface area contributed by atoms with Gasteiger partial charge in [-0.3, -0.25) is 0 Å². The smallest absolute Gasteiger partial charge is 0.151 e. The summed E-state index contributed by atoms with van der Waals surface area (Å²) in [6, 6.07) is 12.4. The van der Waals surface area contributed by atoms with Crippen LogP contribution in [0.1, 0.15) is 0 Å². The monoisotopic (exact) mass is 283 g/mol. The highest BCUT2D eigenvalue weighted by molar-refractivity contribution is 7.98. The van der Waals surface area contributed by atoms with Crippen LogP contribution in [0.4, 0.5) is 0 Å². The Balaban J connectivity index is 1.80. The van der Waals surface area contributed by atoms with Crippen LogP contribution in [-0.4, -0.2) is 17.4 Å². The van der Waals surface area contributed by atoms with Gasteiger partial charge in [-0.15, -0.1) is 11.8 Å². The Morgan fingerprint density at radius 1 is 1.10 bits per heavy atom. The summed E-state index contributed by atoms with van der Waals surface area (Å²) in [5.74, 6) is 1.35. The number of allylic oxidation sites excluding steroid dienone is 2. The number of ether oxygens (including phenoxy) is 1. The fourth-order valence-electron chi connectivity index (χ4n) is 2.28. The molecule has 1 heterocycles. The van der Waals surface area contributed by atoms with Gasteiger partial charge < -0.3 is 9.30 Å². The van der Waals surface area contributed by atoms with Crippen LogP contribution >= 0.6 is 11.8 Å². The lowest BCUT2D eigenvalue weighted by atomic mass is 10.2. The van der Waals surface area contributed by atoms with E-state index in [1.165, 1.54) is 0 Å². The zero-order valence-corrected chi connectivity index (χ0v) is 12.2. The first kappa shape index (κ1) is 13.1. The van der Waals surface area contributed by atoms with Crippen molar-refractivity contribution in [2.45, 2.75) is 5.03 Å². The Bertz CT molecular complexity index is 616. The summed E-state index contributed by atoms with van der Waals surface area (Å²) in [6.45, 7) is 0.694. The second-order valence-corrected chi connectivity index (χ2v) is 5.43. The maximum atomic E-state index is 5.97. The van der Waals surface area contributed by atoms with Crippen LogP contribution < -0.4 is 4.74 Å². The molecule has 1 aromatic carbocycles. The van der Waals surface area contributed by atoms with Crippen molar-refractivity contribution < 1.29 is 4.74 Å². The third-order valence-corrected chi connectivity index (χ3v) is 4.08. The van der Waals surface area contributed by atoms with E-state index in [-0.39, 0.29) is 0 Å². The fourth-order valence-corrected chi connectivity index (χ4v) is 2.97. The average Bonchev–Trinajstić information content (AvgIpc) is 3.15. The zero-order valence-electron chi connectivity index (χ0n) is 11.4. The summed E-state index contributed by atoms with van der Waals surface area (Å²) >= 11 is 1.71. The highest BCUT2D eigenvalue weighted by Crippen LogP contribution is 2.32. The van der Waals surface area contributed by atoms with Crippen molar-refractivity contribution >= 4 is 11.8 Å². The minimum Gasteiger partial charge on any atom is -0.490 e. The van der Waals surface area contributed by atoms with Crippen molar-refractivity contribution in [2.24, 2.45) is 5.92 Å². The van der Waals surface area contributed by atoms with E-state index in [4.69, 9.17) is 4.74 Å². The van der Waals surface area contributed by atoms with E-state index in [0.717, 1.165) is 16.5 Å². The molecule has 0 N–H and O–H groups in total. The molecule has 3 rings (SSSR count). The molecule has 0 fully saturated rings. The molecule has 0 unspecified atom stereocenters. The van der Waals surface area contributed by atoms with E-state index in [1.807, 2.05) is 24.3 Å². The third kappa shape index (κ3) is 2.68. The average molecular weight is 283 g/mol. The normalized spacial score (nSPS) is 14.1. The Morgan fingerprint density at radius 2 is 1.85 bits per heavy atom. The first-order chi connectivity index (χ1) is 9.88. The second-order valence-electron chi connectivity index (χ2n) is 4.64. The largest absolute Gasteiger partial charge is 0.490 e. The van der Waals surface area contributed by atoms with Crippen molar-refractivity contribution in [3.63, 3.8) is 0 Å². The van der Waals surface area contributed by atoms with Crippen molar-refractivity contribution in [3.8, 4) is 11.4 Å². The molecule has 0 bridgehead atoms. The number of benzene rings is 1. The van der Waals surface area contributed by atoms with Crippen LogP contribution in [0, 0.1) is 5.92 Å². The van der Waals surface area contributed by atoms with Gasteiger partial charge in [-0.05, 0) is 24.5 Å². The molecular weight excluding hydrogens is 266 g/mol. The van der Waals surface area contributed by atoms with Gasteiger partial charge in [0.05, 0.1) is 6.61 Å². The first-order valence-electron chi connectivity index (χ1n) is 6.67. The predicted molar refractivity (Wildman–Crippen MR) is 84.8 cm³/mol. The van der Waals surface area contributed by atoms with Gasteiger partial charge in [-0.1, -0.05) is 42.5 Å². The molecule has 1 aliphatic rings. The van der Waals surface area contributed by atoms with Gasteiger partial charge in [0.2, 0.25) is 0 Å². The lowest BCUT2D eigenvalue weighted by Crippen LogP contribution is -2.06. The van der Waals surface area contributed by atoms with Gasteiger partial charge in [0.25, 0.3) is 0 Å². The summed E-state index contributed by atoms with van der Waals surface area (Å²) in [5, 5.41) is 1.14. The Kier molecular flexibility index (Phi) is 3.97. The fraction of sp³-hybridized carbons (Fsp3) is 0.176. The second kappa shape index (κ2) is 6.06. The lowest BCUT2D eigenvalue weighted by molar-refractivity contribution is 0.290. The van der Waals surface area contributed by atoms with Gasteiger partial charge in [-0.25, -0.2) is 0 Å². The number of hydrogen-bond acceptors (Lipinski definition) is 2. The maximum Gasteiger partial charge on any atom is 0.151 e. The Morgan fingerprint density at radius 3 is 2.55 bits per heavy atom. The van der Waals surface area contributed by atoms with E-state index < -0.39 is 0 Å². The molecule has 0 amide bonds. The number of aromatic nitrogens is 1. The van der Waals surface area contributed by atoms with Crippen LogP contribution in [-0.2, 0) is 0 Å². The number of thioether (sulfide) groups is 1. The summed E-state index contributed by atoms with van der Waals surface area (Å²) in [5.41, 5.74) is 1.16. The molecular formula is C17H17NOS. The van der Waals surface area contributed by atoms with E-state index in [9.17, 15) is 0 Å². The third-order valence-electron chi connectivity index (χ3n) is 3.29. The molecule has 0 spiro atoms. The number of nitrogens with zero attached hydrogens (tertiary/aromatic N) is 1. The van der Waals surface area contributed by atoms with Gasteiger partial charge in [0, 0.05) is 17.8 Å². The van der Waals surface area contributed by atoms with E-state index >= 15 is 0 Å².